The molecule has 1 aromatic heterocycles. The SMILES string of the molecule is COC(=O)c1cncc(OCC2CN(C(=O)C3CCCCC3C(=O)c3ccc(F)cc3)CCO2)c1. The number of esters is 1. The van der Waals surface area contributed by atoms with Crippen molar-refractivity contribution in [2.45, 2.75) is 31.8 Å². The van der Waals surface area contributed by atoms with Crippen molar-refractivity contribution in [1.82, 2.24) is 9.88 Å². The van der Waals surface area contributed by atoms with Crippen LogP contribution in [-0.4, -0.2) is 67.1 Å². The molecule has 3 unspecified atom stereocenters. The van der Waals surface area contributed by atoms with Gasteiger partial charge in [0.25, 0.3) is 0 Å². The van der Waals surface area contributed by atoms with E-state index in [4.69, 9.17) is 14.2 Å². The van der Waals surface area contributed by atoms with Crippen molar-refractivity contribution in [2.24, 2.45) is 11.8 Å². The van der Waals surface area contributed by atoms with E-state index in [2.05, 4.69) is 4.98 Å². The number of aromatic nitrogens is 1. The van der Waals surface area contributed by atoms with Crippen LogP contribution in [0.15, 0.2) is 42.7 Å². The monoisotopic (exact) mass is 484 g/mol. The van der Waals surface area contributed by atoms with Crippen LogP contribution in [0.1, 0.15) is 46.4 Å². The third-order valence-electron chi connectivity index (χ3n) is 6.57. The van der Waals surface area contributed by atoms with E-state index in [0.717, 1.165) is 12.8 Å². The molecule has 0 N–H and O–H groups in total. The van der Waals surface area contributed by atoms with Crippen LogP contribution in [0, 0.1) is 17.7 Å². The lowest BCUT2D eigenvalue weighted by Crippen LogP contribution is -2.51. The number of halogens is 1. The van der Waals surface area contributed by atoms with E-state index in [0.29, 0.717) is 43.9 Å². The molecule has 1 aliphatic heterocycles. The molecule has 186 valence electrons. The number of amides is 1. The number of rotatable bonds is 7. The van der Waals surface area contributed by atoms with Crippen LogP contribution in [0.4, 0.5) is 4.39 Å². The maximum atomic E-state index is 13.5. The smallest absolute Gasteiger partial charge is 0.339 e. The summed E-state index contributed by atoms with van der Waals surface area (Å²) in [6, 6.07) is 7.06. The number of hydrogen-bond acceptors (Lipinski definition) is 7. The van der Waals surface area contributed by atoms with Crippen LogP contribution in [-0.2, 0) is 14.3 Å². The number of hydrogen-bond donors (Lipinski definition) is 0. The molecule has 1 saturated carbocycles. The Morgan fingerprint density at radius 1 is 1.09 bits per heavy atom. The zero-order valence-corrected chi connectivity index (χ0v) is 19.7. The first-order valence-corrected chi connectivity index (χ1v) is 11.8. The summed E-state index contributed by atoms with van der Waals surface area (Å²) in [6.45, 7) is 1.34. The molecule has 0 radical (unpaired) electrons. The number of benzene rings is 1. The van der Waals surface area contributed by atoms with E-state index < -0.39 is 23.6 Å². The molecule has 2 fully saturated rings. The number of nitrogens with zero attached hydrogens (tertiary/aromatic N) is 2. The Hall–Kier alpha value is -3.33. The molecule has 0 spiro atoms. The van der Waals surface area contributed by atoms with Gasteiger partial charge in [-0.3, -0.25) is 14.6 Å². The fourth-order valence-electron chi connectivity index (χ4n) is 4.74. The summed E-state index contributed by atoms with van der Waals surface area (Å²) in [5.74, 6) is -1.47. The fourth-order valence-corrected chi connectivity index (χ4v) is 4.74. The van der Waals surface area contributed by atoms with Gasteiger partial charge in [0.2, 0.25) is 5.91 Å². The highest BCUT2D eigenvalue weighted by Crippen LogP contribution is 2.34. The van der Waals surface area contributed by atoms with Crippen molar-refractivity contribution >= 4 is 17.7 Å². The third-order valence-corrected chi connectivity index (χ3v) is 6.57. The van der Waals surface area contributed by atoms with Gasteiger partial charge in [0, 0.05) is 30.1 Å². The number of ketones is 1. The largest absolute Gasteiger partial charge is 0.489 e. The first kappa shape index (κ1) is 24.8. The summed E-state index contributed by atoms with van der Waals surface area (Å²) in [4.78, 5) is 44.1. The van der Waals surface area contributed by atoms with Crippen LogP contribution >= 0.6 is 0 Å². The Morgan fingerprint density at radius 2 is 1.83 bits per heavy atom. The molecule has 9 heteroatoms. The molecule has 1 aliphatic carbocycles. The first-order valence-electron chi connectivity index (χ1n) is 11.8. The highest BCUT2D eigenvalue weighted by Gasteiger charge is 2.39. The fraction of sp³-hybridized carbons (Fsp3) is 0.462. The molecular weight excluding hydrogens is 455 g/mol. The highest BCUT2D eigenvalue weighted by molar-refractivity contribution is 6.00. The molecule has 2 heterocycles. The second-order valence-corrected chi connectivity index (χ2v) is 8.86. The predicted molar refractivity (Wildman–Crippen MR) is 124 cm³/mol. The van der Waals surface area contributed by atoms with Crippen molar-refractivity contribution < 1.29 is 33.0 Å². The van der Waals surface area contributed by atoms with Gasteiger partial charge in [-0.25, -0.2) is 9.18 Å². The van der Waals surface area contributed by atoms with Crippen molar-refractivity contribution in [3.05, 3.63) is 59.7 Å². The zero-order valence-electron chi connectivity index (χ0n) is 19.7. The molecule has 3 atom stereocenters. The normalized spacial score (nSPS) is 22.3. The quantitative estimate of drug-likeness (QED) is 0.440. The van der Waals surface area contributed by atoms with Crippen LogP contribution in [0.25, 0.3) is 0 Å². The third kappa shape index (κ3) is 6.03. The molecule has 0 bridgehead atoms. The van der Waals surface area contributed by atoms with Crippen LogP contribution in [0.3, 0.4) is 0 Å². The zero-order chi connectivity index (χ0) is 24.8. The number of carbonyl (C=O) groups excluding carboxylic acids is 3. The van der Waals surface area contributed by atoms with E-state index in [1.165, 1.54) is 49.8 Å². The lowest BCUT2D eigenvalue weighted by Gasteiger charge is -2.38. The number of ether oxygens (including phenoxy) is 3. The van der Waals surface area contributed by atoms with Crippen molar-refractivity contribution in [3.8, 4) is 5.75 Å². The van der Waals surface area contributed by atoms with Gasteiger partial charge in [-0.1, -0.05) is 12.8 Å². The van der Waals surface area contributed by atoms with Crippen LogP contribution in [0.5, 0.6) is 5.75 Å². The number of morpholine rings is 1. The lowest BCUT2D eigenvalue weighted by molar-refractivity contribution is -0.146. The Kier molecular flexibility index (Phi) is 8.07. The molecule has 2 aromatic rings. The van der Waals surface area contributed by atoms with Gasteiger partial charge in [-0.2, -0.15) is 0 Å². The molecule has 1 aromatic carbocycles. The number of carbonyl (C=O) groups is 3. The highest BCUT2D eigenvalue weighted by atomic mass is 19.1. The van der Waals surface area contributed by atoms with E-state index in [-0.39, 0.29) is 30.0 Å². The van der Waals surface area contributed by atoms with Gasteiger partial charge in [0.1, 0.15) is 24.3 Å². The Bertz CT molecular complexity index is 1060. The molecular formula is C26H29FN2O6. The second-order valence-electron chi connectivity index (χ2n) is 8.86. The van der Waals surface area contributed by atoms with Crippen molar-refractivity contribution in [3.63, 3.8) is 0 Å². The predicted octanol–water partition coefficient (Wildman–Crippen LogP) is 3.30. The van der Waals surface area contributed by atoms with Crippen molar-refractivity contribution in [2.75, 3.05) is 33.4 Å². The van der Waals surface area contributed by atoms with Gasteiger partial charge < -0.3 is 19.1 Å². The lowest BCUT2D eigenvalue weighted by atomic mass is 9.74. The molecule has 2 aliphatic rings. The number of Topliss-reactive ketones (excluding diaryl/α,β-unsaturated/α-hetero) is 1. The minimum absolute atomic E-state index is 0.0483. The Balaban J connectivity index is 1.38. The summed E-state index contributed by atoms with van der Waals surface area (Å²) in [5.41, 5.74) is 0.715. The molecule has 4 rings (SSSR count). The minimum atomic E-state index is -0.508. The average molecular weight is 485 g/mol. The van der Waals surface area contributed by atoms with Crippen LogP contribution < -0.4 is 4.74 Å². The summed E-state index contributed by atoms with van der Waals surface area (Å²) < 4.78 is 29.6. The van der Waals surface area contributed by atoms with Crippen molar-refractivity contribution in [1.29, 1.82) is 0 Å². The summed E-state index contributed by atoms with van der Waals surface area (Å²) in [6.07, 6.45) is 5.61. The standard InChI is InChI=1S/C26H29FN2O6/c1-33-26(32)18-12-20(14-28-13-18)35-16-21-15-29(10-11-34-21)25(31)23-5-3-2-4-22(23)24(30)17-6-8-19(27)9-7-17/h6-9,12-14,21-23H,2-5,10-11,15-16H2,1H3. The summed E-state index contributed by atoms with van der Waals surface area (Å²) in [5, 5.41) is 0. The summed E-state index contributed by atoms with van der Waals surface area (Å²) >= 11 is 0. The molecule has 35 heavy (non-hydrogen) atoms. The van der Waals surface area contributed by atoms with Crippen LogP contribution in [0.2, 0.25) is 0 Å². The van der Waals surface area contributed by atoms with Gasteiger partial charge in [-0.05, 0) is 43.2 Å². The van der Waals surface area contributed by atoms with E-state index in [1.807, 2.05) is 0 Å². The maximum absolute atomic E-state index is 13.5. The van der Waals surface area contributed by atoms with Gasteiger partial charge >= 0.3 is 5.97 Å². The molecule has 8 nitrogen and oxygen atoms in total. The summed E-state index contributed by atoms with van der Waals surface area (Å²) in [7, 11) is 1.29. The average Bonchev–Trinajstić information content (AvgIpc) is 2.91. The number of pyridine rings is 1. The minimum Gasteiger partial charge on any atom is -0.489 e. The second kappa shape index (κ2) is 11.4. The topological polar surface area (TPSA) is 95.0 Å². The molecule has 1 saturated heterocycles. The molecule has 1 amide bonds. The van der Waals surface area contributed by atoms with E-state index >= 15 is 0 Å². The van der Waals surface area contributed by atoms with Gasteiger partial charge in [-0.15, -0.1) is 0 Å². The Labute approximate surface area is 203 Å². The van der Waals surface area contributed by atoms with Gasteiger partial charge in [0.15, 0.2) is 5.78 Å². The van der Waals surface area contributed by atoms with Gasteiger partial charge in [0.05, 0.1) is 32.0 Å². The first-order chi connectivity index (χ1) is 17.0. The van der Waals surface area contributed by atoms with E-state index in [1.54, 1.807) is 4.90 Å². The van der Waals surface area contributed by atoms with E-state index in [9.17, 15) is 18.8 Å². The maximum Gasteiger partial charge on any atom is 0.339 e. The Morgan fingerprint density at radius 3 is 2.57 bits per heavy atom. The number of methoxy groups -OCH3 is 1.